The fourth-order valence-electron chi connectivity index (χ4n) is 3.45. The molecule has 1 aromatic carbocycles. The third-order valence-electron chi connectivity index (χ3n) is 5.57. The zero-order chi connectivity index (χ0) is 23.7. The Morgan fingerprint density at radius 2 is 1.66 bits per heavy atom. The molecule has 32 heavy (non-hydrogen) atoms. The molecule has 1 heterocycles. The second-order valence-corrected chi connectivity index (χ2v) is 9.73. The van der Waals surface area contributed by atoms with Crippen molar-refractivity contribution < 1.29 is 9.59 Å². The number of amides is 2. The first-order valence-electron chi connectivity index (χ1n) is 11.8. The molecule has 6 nitrogen and oxygen atoms in total. The lowest BCUT2D eigenvalue weighted by molar-refractivity contribution is -0.133. The van der Waals surface area contributed by atoms with Crippen LogP contribution in [0.3, 0.4) is 0 Å². The highest BCUT2D eigenvalue weighted by atomic mass is 16.2. The monoisotopic (exact) mass is 440 g/mol. The number of benzene rings is 1. The maximum absolute atomic E-state index is 12.7. The largest absolute Gasteiger partial charge is 0.336 e. The van der Waals surface area contributed by atoms with E-state index in [9.17, 15) is 9.59 Å². The summed E-state index contributed by atoms with van der Waals surface area (Å²) < 4.78 is 1.76. The van der Waals surface area contributed by atoms with Crippen molar-refractivity contribution >= 4 is 17.6 Å². The number of carbonyl (C=O) groups is 2. The lowest BCUT2D eigenvalue weighted by Gasteiger charge is -2.17. The van der Waals surface area contributed by atoms with E-state index in [1.807, 2.05) is 37.3 Å². The summed E-state index contributed by atoms with van der Waals surface area (Å²) in [6.07, 6.45) is 7.31. The van der Waals surface area contributed by atoms with E-state index in [4.69, 9.17) is 5.10 Å². The van der Waals surface area contributed by atoms with Crippen LogP contribution in [0.4, 0.5) is 5.82 Å². The van der Waals surface area contributed by atoms with Gasteiger partial charge in [0.25, 0.3) is 0 Å². The predicted octanol–water partition coefficient (Wildman–Crippen LogP) is 5.63. The number of nitrogens with zero attached hydrogens (tertiary/aromatic N) is 3. The molecule has 0 saturated carbocycles. The molecule has 0 aliphatic heterocycles. The second kappa shape index (κ2) is 11.8. The van der Waals surface area contributed by atoms with Crippen LogP contribution in [0.1, 0.15) is 83.9 Å². The van der Waals surface area contributed by atoms with Crippen molar-refractivity contribution in [1.82, 2.24) is 14.7 Å². The summed E-state index contributed by atoms with van der Waals surface area (Å²) in [6.45, 7) is 10.5. The van der Waals surface area contributed by atoms with Crippen molar-refractivity contribution in [2.45, 2.75) is 85.0 Å². The molecule has 0 radical (unpaired) electrons. The number of aryl methyl sites for hydroxylation is 1. The molecular weight excluding hydrogens is 400 g/mol. The number of unbranched alkanes of at least 4 members (excludes halogenated alkanes) is 5. The van der Waals surface area contributed by atoms with Crippen LogP contribution in [0.15, 0.2) is 30.3 Å². The number of rotatable bonds is 11. The third kappa shape index (κ3) is 7.81. The molecule has 2 rings (SSSR count). The van der Waals surface area contributed by atoms with E-state index in [0.717, 1.165) is 29.8 Å². The number of likely N-dealkylation sites (N-methyl/N-ethyl adjacent to an activating group) is 1. The van der Waals surface area contributed by atoms with Gasteiger partial charge in [-0.15, -0.1) is 0 Å². The Morgan fingerprint density at radius 1 is 1.03 bits per heavy atom. The van der Waals surface area contributed by atoms with Gasteiger partial charge >= 0.3 is 0 Å². The topological polar surface area (TPSA) is 67.2 Å². The van der Waals surface area contributed by atoms with Crippen LogP contribution in [-0.2, 0) is 15.0 Å². The molecular formula is C26H40N4O2. The molecule has 1 N–H and O–H groups in total. The van der Waals surface area contributed by atoms with E-state index < -0.39 is 0 Å². The summed E-state index contributed by atoms with van der Waals surface area (Å²) in [5.41, 5.74) is 2.78. The number of aromatic nitrogens is 2. The molecule has 1 aromatic heterocycles. The summed E-state index contributed by atoms with van der Waals surface area (Å²) in [5, 5.41) is 7.70. The van der Waals surface area contributed by atoms with Crippen molar-refractivity contribution in [1.29, 1.82) is 0 Å². The molecule has 0 saturated heterocycles. The van der Waals surface area contributed by atoms with Crippen molar-refractivity contribution in [2.75, 3.05) is 18.9 Å². The van der Waals surface area contributed by atoms with Crippen molar-refractivity contribution in [3.63, 3.8) is 0 Å². The zero-order valence-corrected chi connectivity index (χ0v) is 20.7. The summed E-state index contributed by atoms with van der Waals surface area (Å²) in [5.74, 6) is 0.399. The fourth-order valence-corrected chi connectivity index (χ4v) is 3.45. The average Bonchev–Trinajstić information content (AvgIpc) is 3.15. The lowest BCUT2D eigenvalue weighted by Crippen LogP contribution is -2.35. The molecule has 0 aliphatic carbocycles. The summed E-state index contributed by atoms with van der Waals surface area (Å²) in [4.78, 5) is 26.6. The van der Waals surface area contributed by atoms with Gasteiger partial charge in [-0.3, -0.25) is 9.59 Å². The van der Waals surface area contributed by atoms with E-state index in [1.165, 1.54) is 30.6 Å². The van der Waals surface area contributed by atoms with Crippen LogP contribution >= 0.6 is 0 Å². The SMILES string of the molecule is CCCCCCCCC(=O)N(C)CC(=O)Nc1cc(C(C)(C)C)nn1-c1ccc(C)cc1. The smallest absolute Gasteiger partial charge is 0.245 e. The highest BCUT2D eigenvalue weighted by Gasteiger charge is 2.22. The molecule has 0 aliphatic rings. The Morgan fingerprint density at radius 3 is 2.28 bits per heavy atom. The van der Waals surface area contributed by atoms with Gasteiger partial charge in [0.15, 0.2) is 0 Å². The van der Waals surface area contributed by atoms with Crippen LogP contribution in [0.25, 0.3) is 5.69 Å². The van der Waals surface area contributed by atoms with Gasteiger partial charge in [0, 0.05) is 24.9 Å². The quantitative estimate of drug-likeness (QED) is 0.461. The first kappa shape index (κ1) is 25.6. The minimum Gasteiger partial charge on any atom is -0.336 e. The summed E-state index contributed by atoms with van der Waals surface area (Å²) in [6, 6.07) is 9.93. The van der Waals surface area contributed by atoms with Crippen molar-refractivity contribution in [2.24, 2.45) is 0 Å². The van der Waals surface area contributed by atoms with Gasteiger partial charge in [0.05, 0.1) is 17.9 Å². The van der Waals surface area contributed by atoms with Gasteiger partial charge in [0.2, 0.25) is 11.8 Å². The Balaban J connectivity index is 2.00. The third-order valence-corrected chi connectivity index (χ3v) is 5.57. The van der Waals surface area contributed by atoms with Gasteiger partial charge in [-0.2, -0.15) is 5.10 Å². The molecule has 0 fully saturated rings. The van der Waals surface area contributed by atoms with E-state index >= 15 is 0 Å². The zero-order valence-electron chi connectivity index (χ0n) is 20.7. The number of anilines is 1. The van der Waals surface area contributed by atoms with Crippen LogP contribution in [0.2, 0.25) is 0 Å². The number of hydrogen-bond acceptors (Lipinski definition) is 3. The Hall–Kier alpha value is -2.63. The molecule has 0 atom stereocenters. The molecule has 2 aromatic rings. The minimum atomic E-state index is -0.225. The maximum Gasteiger partial charge on any atom is 0.245 e. The summed E-state index contributed by atoms with van der Waals surface area (Å²) >= 11 is 0. The van der Waals surface area contributed by atoms with Gasteiger partial charge < -0.3 is 10.2 Å². The Kier molecular flexibility index (Phi) is 9.48. The van der Waals surface area contributed by atoms with Crippen LogP contribution in [-0.4, -0.2) is 40.1 Å². The van der Waals surface area contributed by atoms with E-state index in [0.29, 0.717) is 12.2 Å². The van der Waals surface area contributed by atoms with Gasteiger partial charge in [-0.25, -0.2) is 4.68 Å². The number of nitrogens with one attached hydrogen (secondary N) is 1. The van der Waals surface area contributed by atoms with Crippen LogP contribution in [0, 0.1) is 6.92 Å². The molecule has 0 unspecified atom stereocenters. The highest BCUT2D eigenvalue weighted by Crippen LogP contribution is 2.26. The Bertz CT molecular complexity index is 878. The van der Waals surface area contributed by atoms with Crippen molar-refractivity contribution in [3.05, 3.63) is 41.6 Å². The van der Waals surface area contributed by atoms with Crippen molar-refractivity contribution in [3.8, 4) is 5.69 Å². The number of hydrogen-bond donors (Lipinski definition) is 1. The van der Waals surface area contributed by atoms with E-state index in [2.05, 4.69) is 33.0 Å². The normalized spacial score (nSPS) is 11.4. The Labute approximate surface area is 193 Å². The second-order valence-electron chi connectivity index (χ2n) is 9.73. The fraction of sp³-hybridized carbons (Fsp3) is 0.577. The first-order chi connectivity index (χ1) is 15.1. The highest BCUT2D eigenvalue weighted by molar-refractivity contribution is 5.94. The molecule has 2 amide bonds. The first-order valence-corrected chi connectivity index (χ1v) is 11.8. The standard InChI is InChI=1S/C26H40N4O2/c1-7-8-9-10-11-12-13-25(32)29(6)19-24(31)27-23-18-22(26(3,4)5)28-30(23)21-16-14-20(2)15-17-21/h14-18H,7-13,19H2,1-6H3,(H,27,31). The average molecular weight is 441 g/mol. The van der Waals surface area contributed by atoms with Gasteiger partial charge in [0.1, 0.15) is 5.82 Å². The predicted molar refractivity (Wildman–Crippen MR) is 131 cm³/mol. The van der Waals surface area contributed by atoms with Gasteiger partial charge in [-0.1, -0.05) is 77.5 Å². The van der Waals surface area contributed by atoms with Gasteiger partial charge in [-0.05, 0) is 25.5 Å². The molecule has 6 heteroatoms. The van der Waals surface area contributed by atoms with E-state index in [-0.39, 0.29) is 23.8 Å². The molecule has 0 bridgehead atoms. The summed E-state index contributed by atoms with van der Waals surface area (Å²) in [7, 11) is 1.69. The molecule has 0 spiro atoms. The lowest BCUT2D eigenvalue weighted by atomic mass is 9.92. The molecule has 176 valence electrons. The minimum absolute atomic E-state index is 0.0121. The van der Waals surface area contributed by atoms with E-state index in [1.54, 1.807) is 11.7 Å². The van der Waals surface area contributed by atoms with Crippen LogP contribution in [0.5, 0.6) is 0 Å². The maximum atomic E-state index is 12.7. The number of carbonyl (C=O) groups excluding carboxylic acids is 2. The van der Waals surface area contributed by atoms with Crippen LogP contribution < -0.4 is 5.32 Å².